The Morgan fingerprint density at radius 2 is 1.83 bits per heavy atom. The van der Waals surface area contributed by atoms with Crippen LogP contribution in [0.15, 0.2) is 36.7 Å². The first-order valence-corrected chi connectivity index (χ1v) is 18.1. The van der Waals surface area contributed by atoms with Crippen LogP contribution in [0.3, 0.4) is 0 Å². The maximum atomic E-state index is 14.8. The van der Waals surface area contributed by atoms with Crippen molar-refractivity contribution >= 4 is 46.1 Å². The molecule has 3 aliphatic rings. The molecule has 1 saturated carbocycles. The highest BCUT2D eigenvalue weighted by atomic mass is 16.5. The van der Waals surface area contributed by atoms with Gasteiger partial charge in [0.1, 0.15) is 23.2 Å². The zero-order valence-corrected chi connectivity index (χ0v) is 30.0. The van der Waals surface area contributed by atoms with E-state index in [4.69, 9.17) is 10.5 Å². The number of anilines is 1. The first-order chi connectivity index (χ1) is 24.8. The molecule has 6 rings (SSSR count). The largest absolute Gasteiger partial charge is 0.384 e. The molecule has 0 spiro atoms. The number of likely N-dealkylation sites (tertiary alicyclic amines) is 1. The summed E-state index contributed by atoms with van der Waals surface area (Å²) in [6.07, 6.45) is 8.84. The Balaban J connectivity index is 1.31. The number of rotatable bonds is 11. The molecular weight excluding hydrogens is 670 g/mol. The lowest BCUT2D eigenvalue weighted by Crippen LogP contribution is -2.64. The lowest BCUT2D eigenvalue weighted by atomic mass is 9.84. The highest BCUT2D eigenvalue weighted by Crippen LogP contribution is 2.34. The summed E-state index contributed by atoms with van der Waals surface area (Å²) in [6.45, 7) is 3.45. The van der Waals surface area contributed by atoms with E-state index >= 15 is 0 Å². The van der Waals surface area contributed by atoms with Gasteiger partial charge in [0.2, 0.25) is 17.6 Å². The van der Waals surface area contributed by atoms with E-state index in [0.717, 1.165) is 43.0 Å². The average molecular weight is 720 g/mol. The second kappa shape index (κ2) is 15.0. The van der Waals surface area contributed by atoms with Crippen molar-refractivity contribution in [2.24, 2.45) is 18.7 Å². The molecule has 3 aromatic rings. The Kier molecular flexibility index (Phi) is 10.7. The number of nitrogens with two attached hydrogens (primary N) is 1. The van der Waals surface area contributed by atoms with E-state index in [0.29, 0.717) is 17.8 Å². The summed E-state index contributed by atoms with van der Waals surface area (Å²) < 4.78 is 8.89. The molecule has 2 aliphatic heterocycles. The third kappa shape index (κ3) is 7.67. The fourth-order valence-corrected chi connectivity index (χ4v) is 8.02. The predicted octanol–water partition coefficient (Wildman–Crippen LogP) is 2.02. The van der Waals surface area contributed by atoms with Gasteiger partial charge in [-0.1, -0.05) is 43.4 Å². The predicted molar refractivity (Wildman–Crippen MR) is 190 cm³/mol. The zero-order chi connectivity index (χ0) is 37.2. The molecule has 3 atom stereocenters. The molecule has 2 unspecified atom stereocenters. The molecule has 52 heavy (non-hydrogen) atoms. The Labute approximate surface area is 301 Å². The summed E-state index contributed by atoms with van der Waals surface area (Å²) >= 11 is 0. The van der Waals surface area contributed by atoms with Gasteiger partial charge < -0.3 is 41.0 Å². The molecule has 4 heterocycles. The van der Waals surface area contributed by atoms with E-state index in [-0.39, 0.29) is 44.9 Å². The molecule has 16 nitrogen and oxygen atoms in total. The van der Waals surface area contributed by atoms with E-state index < -0.39 is 58.8 Å². The van der Waals surface area contributed by atoms with Crippen molar-refractivity contribution in [2.45, 2.75) is 101 Å². The van der Waals surface area contributed by atoms with Gasteiger partial charge in [-0.15, -0.1) is 5.10 Å². The molecule has 3 fully saturated rings. The fraction of sp³-hybridized carbons (Fsp3) is 0.583. The molecule has 0 bridgehead atoms. The molecule has 6 N–H and O–H groups in total. The molecular formula is C36H49N9O7. The third-order valence-corrected chi connectivity index (χ3v) is 10.9. The molecule has 16 heteroatoms. The van der Waals surface area contributed by atoms with Crippen molar-refractivity contribution in [1.82, 2.24) is 35.1 Å². The summed E-state index contributed by atoms with van der Waals surface area (Å²) in [5.74, 6) is -3.03. The van der Waals surface area contributed by atoms with Crippen LogP contribution in [0.5, 0.6) is 0 Å². The number of hydrogen-bond donors (Lipinski definition) is 5. The number of aromatic nitrogens is 4. The van der Waals surface area contributed by atoms with Crippen LogP contribution >= 0.6 is 0 Å². The molecule has 1 aliphatic carbocycles. The number of benzene rings is 1. The van der Waals surface area contributed by atoms with Crippen LogP contribution in [0.1, 0.15) is 83.4 Å². The van der Waals surface area contributed by atoms with Crippen LogP contribution < -0.4 is 21.7 Å². The summed E-state index contributed by atoms with van der Waals surface area (Å²) in [7, 11) is 1.92. The van der Waals surface area contributed by atoms with Gasteiger partial charge in [-0.25, -0.2) is 9.48 Å². The minimum absolute atomic E-state index is 0.0109. The van der Waals surface area contributed by atoms with Crippen molar-refractivity contribution in [1.29, 1.82) is 0 Å². The number of ketones is 1. The minimum Gasteiger partial charge on any atom is -0.384 e. The number of fused-ring (bicyclic) bond motifs is 1. The quantitative estimate of drug-likeness (QED) is 0.183. The van der Waals surface area contributed by atoms with Gasteiger partial charge >= 0.3 is 6.03 Å². The summed E-state index contributed by atoms with van der Waals surface area (Å²) in [6, 6.07) is 4.25. The number of aryl methyl sites for hydroxylation is 1. The number of nitrogens with zero attached hydrogens (tertiary/aromatic N) is 5. The van der Waals surface area contributed by atoms with E-state index in [1.54, 1.807) is 19.9 Å². The molecule has 2 saturated heterocycles. The third-order valence-electron chi connectivity index (χ3n) is 10.9. The maximum Gasteiger partial charge on any atom is 0.319 e. The number of carbonyl (C=O) groups is 5. The Bertz CT molecular complexity index is 1820. The Morgan fingerprint density at radius 1 is 1.10 bits per heavy atom. The summed E-state index contributed by atoms with van der Waals surface area (Å²) in [4.78, 5) is 69.5. The van der Waals surface area contributed by atoms with E-state index in [1.165, 1.54) is 15.8 Å². The second-order valence-corrected chi connectivity index (χ2v) is 15.0. The SMILES string of the molecule is Cn1ccc2c(NC(=O)N[C@H](CC3CCCCC3)C(=O)N3CC(n4nncc4C(C)(C)O)CC3C(=O)NC3(C(=O)C(N)=O)CCOCC3)cccc21. The van der Waals surface area contributed by atoms with E-state index in [1.807, 2.05) is 36.0 Å². The van der Waals surface area contributed by atoms with E-state index in [9.17, 15) is 29.1 Å². The van der Waals surface area contributed by atoms with Crippen LogP contribution in [0.25, 0.3) is 10.9 Å². The number of primary amides is 1. The van der Waals surface area contributed by atoms with Crippen molar-refractivity contribution < 1.29 is 33.8 Å². The summed E-state index contributed by atoms with van der Waals surface area (Å²) in [5, 5.41) is 28.6. The number of ether oxygens (including phenoxy) is 1. The zero-order valence-electron chi connectivity index (χ0n) is 30.0. The number of hydrogen-bond acceptors (Lipinski definition) is 9. The fourth-order valence-electron chi connectivity index (χ4n) is 8.02. The van der Waals surface area contributed by atoms with Gasteiger partial charge in [-0.05, 0) is 44.4 Å². The van der Waals surface area contributed by atoms with Crippen LogP contribution in [0.4, 0.5) is 10.5 Å². The lowest BCUT2D eigenvalue weighted by molar-refractivity contribution is -0.147. The smallest absolute Gasteiger partial charge is 0.319 e. The molecule has 1 aromatic carbocycles. The van der Waals surface area contributed by atoms with Gasteiger partial charge in [-0.2, -0.15) is 0 Å². The number of nitrogens with one attached hydrogen (secondary N) is 3. The maximum absolute atomic E-state index is 14.8. The molecule has 280 valence electrons. The van der Waals surface area contributed by atoms with Crippen LogP contribution in [-0.4, -0.2) is 96.5 Å². The Hall–Kier alpha value is -4.83. The first kappa shape index (κ1) is 36.9. The second-order valence-electron chi connectivity index (χ2n) is 15.0. The van der Waals surface area contributed by atoms with Crippen LogP contribution in [0, 0.1) is 5.92 Å². The molecule has 0 radical (unpaired) electrons. The number of aliphatic hydroxyl groups is 1. The van der Waals surface area contributed by atoms with E-state index in [2.05, 4.69) is 26.3 Å². The number of carbonyl (C=O) groups excluding carboxylic acids is 5. The first-order valence-electron chi connectivity index (χ1n) is 18.1. The monoisotopic (exact) mass is 719 g/mol. The number of urea groups is 1. The highest BCUT2D eigenvalue weighted by molar-refractivity contribution is 6.39. The lowest BCUT2D eigenvalue weighted by Gasteiger charge is -2.37. The Morgan fingerprint density at radius 3 is 2.52 bits per heavy atom. The minimum atomic E-state index is -1.59. The number of Topliss-reactive ketones (excluding diaryl/α,β-unsaturated/α-hetero) is 1. The molecule has 5 amide bonds. The van der Waals surface area contributed by atoms with Crippen molar-refractivity contribution in [3.8, 4) is 0 Å². The van der Waals surface area contributed by atoms with Gasteiger partial charge in [0.25, 0.3) is 5.91 Å². The highest BCUT2D eigenvalue weighted by Gasteiger charge is 2.49. The van der Waals surface area contributed by atoms with Gasteiger partial charge in [0.05, 0.1) is 23.6 Å². The van der Waals surface area contributed by atoms with Gasteiger partial charge in [0.15, 0.2) is 0 Å². The van der Waals surface area contributed by atoms with Crippen molar-refractivity contribution in [2.75, 3.05) is 25.1 Å². The number of amides is 5. The van der Waals surface area contributed by atoms with Gasteiger partial charge in [-0.3, -0.25) is 19.2 Å². The van der Waals surface area contributed by atoms with Crippen LogP contribution in [0.2, 0.25) is 0 Å². The topological polar surface area (TPSA) is 216 Å². The van der Waals surface area contributed by atoms with Crippen molar-refractivity contribution in [3.63, 3.8) is 0 Å². The van der Waals surface area contributed by atoms with Crippen molar-refractivity contribution in [3.05, 3.63) is 42.4 Å². The molecule has 2 aromatic heterocycles. The van der Waals surface area contributed by atoms with Gasteiger partial charge in [0, 0.05) is 63.2 Å². The summed E-state index contributed by atoms with van der Waals surface area (Å²) in [5.41, 5.74) is 4.42. The normalized spacial score (nSPS) is 21.4. The average Bonchev–Trinajstić information content (AvgIpc) is 3.87. The van der Waals surface area contributed by atoms with Crippen LogP contribution in [-0.2, 0) is 36.6 Å². The standard InChI is InChI=1S/C36H49N9O7/c1-35(2,51)29-20-38-42-45(29)23-19-28(32(48)41-36(30(46)31(37)47)13-16-52-17-14-36)44(21-23)33(49)26(18-22-8-5-4-6-9-22)40-34(50)39-25-10-7-11-27-24(25)12-15-43(27)3/h7,10-12,15,20,22-23,26,28,51H,4-6,8-9,13-14,16-19,21H2,1-3H3,(H2,37,47)(H,41,48)(H2,39,40,50)/t23?,26-,28?/m1/s1.